The van der Waals surface area contributed by atoms with Gasteiger partial charge in [-0.05, 0) is 54.7 Å². The molecule has 0 spiro atoms. The Morgan fingerprint density at radius 3 is 2.58 bits per heavy atom. The van der Waals surface area contributed by atoms with Crippen LogP contribution in [0.1, 0.15) is 5.76 Å². The van der Waals surface area contributed by atoms with E-state index in [2.05, 4.69) is 25.3 Å². The smallest absolute Gasteiger partial charge is 0.263 e. The van der Waals surface area contributed by atoms with Gasteiger partial charge in [0.05, 0.1) is 18.3 Å². The maximum Gasteiger partial charge on any atom is 0.263 e. The summed E-state index contributed by atoms with van der Waals surface area (Å²) in [6.07, 6.45) is 6.98. The number of methoxy groups -OCH3 is 1. The Labute approximate surface area is 183 Å². The Kier molecular flexibility index (Phi) is 6.95. The van der Waals surface area contributed by atoms with Gasteiger partial charge in [0.25, 0.3) is 15.9 Å². The average molecular weight is 460 g/mol. The van der Waals surface area contributed by atoms with E-state index < -0.39 is 15.9 Å². The summed E-state index contributed by atoms with van der Waals surface area (Å²) in [5.74, 6) is 0.0963. The minimum absolute atomic E-state index is 0.0120. The molecule has 3 aromatic rings. The molecule has 1 aromatic carbocycles. The number of thiocarbonyl (C=S) groups is 1. The molecule has 12 heteroatoms. The Balaban J connectivity index is 1.60. The van der Waals surface area contributed by atoms with Crippen LogP contribution in [0.2, 0.25) is 0 Å². The molecule has 1 amide bonds. The molecule has 0 atom stereocenters. The first-order chi connectivity index (χ1) is 14.9. The lowest BCUT2D eigenvalue weighted by atomic mass is 10.3. The lowest BCUT2D eigenvalue weighted by molar-refractivity contribution is -0.115. The lowest BCUT2D eigenvalue weighted by Crippen LogP contribution is -2.32. The number of benzene rings is 1. The Morgan fingerprint density at radius 2 is 1.90 bits per heavy atom. The second-order valence-electron chi connectivity index (χ2n) is 5.84. The minimum atomic E-state index is -3.92. The molecule has 0 radical (unpaired) electrons. The van der Waals surface area contributed by atoms with Gasteiger partial charge < -0.3 is 14.5 Å². The predicted molar refractivity (Wildman–Crippen MR) is 118 cm³/mol. The number of aromatic nitrogens is 2. The number of rotatable bonds is 7. The van der Waals surface area contributed by atoms with E-state index in [0.29, 0.717) is 11.4 Å². The molecule has 0 aliphatic rings. The number of hydrogen-bond donors (Lipinski definition) is 3. The van der Waals surface area contributed by atoms with E-state index in [1.807, 2.05) is 0 Å². The quantitative estimate of drug-likeness (QED) is 0.359. The van der Waals surface area contributed by atoms with Gasteiger partial charge in [0.15, 0.2) is 5.11 Å². The second kappa shape index (κ2) is 9.82. The van der Waals surface area contributed by atoms with Crippen LogP contribution in [0.25, 0.3) is 6.08 Å². The number of amides is 1. The van der Waals surface area contributed by atoms with Crippen molar-refractivity contribution in [2.24, 2.45) is 0 Å². The van der Waals surface area contributed by atoms with E-state index >= 15 is 0 Å². The van der Waals surface area contributed by atoms with E-state index in [9.17, 15) is 13.2 Å². The summed E-state index contributed by atoms with van der Waals surface area (Å²) in [4.78, 5) is 19.7. The summed E-state index contributed by atoms with van der Waals surface area (Å²) < 4.78 is 37.5. The normalized spacial score (nSPS) is 11.1. The van der Waals surface area contributed by atoms with Gasteiger partial charge in [-0.25, -0.2) is 18.4 Å². The van der Waals surface area contributed by atoms with Crippen LogP contribution < -0.4 is 20.1 Å². The zero-order valence-corrected chi connectivity index (χ0v) is 17.7. The van der Waals surface area contributed by atoms with Crippen LogP contribution >= 0.6 is 12.2 Å². The van der Waals surface area contributed by atoms with Crippen molar-refractivity contribution >= 4 is 50.8 Å². The lowest BCUT2D eigenvalue weighted by Gasteiger charge is -2.11. The highest BCUT2D eigenvalue weighted by Gasteiger charge is 2.18. The number of sulfonamides is 1. The number of furan rings is 1. The van der Waals surface area contributed by atoms with E-state index in [4.69, 9.17) is 21.4 Å². The fourth-order valence-electron chi connectivity index (χ4n) is 2.31. The number of nitrogens with zero attached hydrogens (tertiary/aromatic N) is 2. The van der Waals surface area contributed by atoms with Crippen molar-refractivity contribution in [2.75, 3.05) is 17.1 Å². The van der Waals surface area contributed by atoms with Crippen LogP contribution in [0.5, 0.6) is 5.88 Å². The second-order valence-corrected chi connectivity index (χ2v) is 7.93. The fraction of sp³-hybridized carbons (Fsp3) is 0.0526. The van der Waals surface area contributed by atoms with Crippen LogP contribution in [0, 0.1) is 0 Å². The molecule has 3 N–H and O–H groups in total. The number of carbonyl (C=O) groups is 1. The summed E-state index contributed by atoms with van der Waals surface area (Å²) in [6.45, 7) is 0. The van der Waals surface area contributed by atoms with Gasteiger partial charge in [-0.15, -0.1) is 0 Å². The monoisotopic (exact) mass is 459 g/mol. The van der Waals surface area contributed by atoms with Crippen molar-refractivity contribution < 1.29 is 22.4 Å². The highest BCUT2D eigenvalue weighted by molar-refractivity contribution is 7.92. The summed E-state index contributed by atoms with van der Waals surface area (Å²) in [7, 11) is -2.56. The zero-order valence-electron chi connectivity index (χ0n) is 16.1. The van der Waals surface area contributed by atoms with Gasteiger partial charge >= 0.3 is 0 Å². The average Bonchev–Trinajstić information content (AvgIpc) is 3.26. The van der Waals surface area contributed by atoms with E-state index in [1.165, 1.54) is 62.2 Å². The molecule has 3 rings (SSSR count). The number of nitrogens with one attached hydrogen (secondary N) is 3. The van der Waals surface area contributed by atoms with Crippen molar-refractivity contribution in [2.45, 2.75) is 4.90 Å². The Morgan fingerprint density at radius 1 is 1.16 bits per heavy atom. The molecule has 0 saturated carbocycles. The molecule has 160 valence electrons. The van der Waals surface area contributed by atoms with Gasteiger partial charge in [-0.2, -0.15) is 0 Å². The highest BCUT2D eigenvalue weighted by atomic mass is 32.2. The molecule has 0 unspecified atom stereocenters. The number of ether oxygens (including phenoxy) is 1. The van der Waals surface area contributed by atoms with E-state index in [0.717, 1.165) is 0 Å². The Bertz CT molecular complexity index is 1190. The minimum Gasteiger partial charge on any atom is -0.478 e. The SMILES string of the molecule is COc1nccnc1NS(=O)(=O)c1ccc(NC(=S)NC(=O)/C=C/c2ccco2)cc1. The third-order valence-electron chi connectivity index (χ3n) is 3.69. The Hall–Kier alpha value is -3.77. The topological polar surface area (TPSA) is 135 Å². The van der Waals surface area contributed by atoms with Gasteiger partial charge in [-0.3, -0.25) is 14.8 Å². The molecule has 0 bridgehead atoms. The van der Waals surface area contributed by atoms with Gasteiger partial charge in [0.2, 0.25) is 11.7 Å². The molecule has 0 saturated heterocycles. The summed E-state index contributed by atoms with van der Waals surface area (Å²) in [5, 5.41) is 5.32. The van der Waals surface area contributed by atoms with Gasteiger partial charge in [0.1, 0.15) is 5.76 Å². The maximum absolute atomic E-state index is 12.6. The number of carbonyl (C=O) groups excluding carboxylic acids is 1. The summed E-state index contributed by atoms with van der Waals surface area (Å²) in [6, 6.07) is 9.14. The van der Waals surface area contributed by atoms with Crippen LogP contribution in [-0.4, -0.2) is 36.5 Å². The first-order valence-corrected chi connectivity index (χ1v) is 10.6. The first kappa shape index (κ1) is 21.9. The molecule has 0 aliphatic carbocycles. The first-order valence-electron chi connectivity index (χ1n) is 8.69. The highest BCUT2D eigenvalue weighted by Crippen LogP contribution is 2.22. The molecular weight excluding hydrogens is 442 g/mol. The van der Waals surface area contributed by atoms with Crippen molar-refractivity contribution in [1.82, 2.24) is 15.3 Å². The number of anilines is 2. The number of hydrogen-bond acceptors (Lipinski definition) is 8. The molecule has 10 nitrogen and oxygen atoms in total. The summed E-state index contributed by atoms with van der Waals surface area (Å²) in [5.41, 5.74) is 0.483. The molecule has 0 aliphatic heterocycles. The third kappa shape index (κ3) is 6.10. The third-order valence-corrected chi connectivity index (χ3v) is 5.25. The van der Waals surface area contributed by atoms with Crippen LogP contribution in [0.4, 0.5) is 11.5 Å². The summed E-state index contributed by atoms with van der Waals surface area (Å²) >= 11 is 5.09. The van der Waals surface area contributed by atoms with Crippen LogP contribution in [0.3, 0.4) is 0 Å². The van der Waals surface area contributed by atoms with Crippen molar-refractivity contribution in [3.8, 4) is 5.88 Å². The van der Waals surface area contributed by atoms with E-state index in [1.54, 1.807) is 12.1 Å². The fourth-order valence-corrected chi connectivity index (χ4v) is 3.53. The molecule has 2 aromatic heterocycles. The van der Waals surface area contributed by atoms with Crippen molar-refractivity contribution in [3.63, 3.8) is 0 Å². The molecular formula is C19H17N5O5S2. The standard InChI is InChI=1S/C19H17N5O5S2/c1-28-18-17(20-10-11-21-18)24-31(26,27)15-7-4-13(5-8-15)22-19(30)23-16(25)9-6-14-3-2-12-29-14/h2-12H,1H3,(H,20,24)(H2,22,23,25,30)/b9-6+. The zero-order chi connectivity index (χ0) is 22.3. The van der Waals surface area contributed by atoms with E-state index in [-0.39, 0.29) is 21.7 Å². The molecule has 31 heavy (non-hydrogen) atoms. The molecule has 0 fully saturated rings. The van der Waals surface area contributed by atoms with Crippen molar-refractivity contribution in [3.05, 3.63) is 66.9 Å². The molecule has 2 heterocycles. The predicted octanol–water partition coefficient (Wildman–Crippen LogP) is 2.41. The maximum atomic E-state index is 12.6. The van der Waals surface area contributed by atoms with Crippen LogP contribution in [0.15, 0.2) is 70.4 Å². The largest absolute Gasteiger partial charge is 0.478 e. The van der Waals surface area contributed by atoms with Crippen LogP contribution in [-0.2, 0) is 14.8 Å². The van der Waals surface area contributed by atoms with Gasteiger partial charge in [0, 0.05) is 24.2 Å². The van der Waals surface area contributed by atoms with Gasteiger partial charge in [-0.1, -0.05) is 0 Å². The van der Waals surface area contributed by atoms with Crippen molar-refractivity contribution in [1.29, 1.82) is 0 Å².